The molecule has 1 N–H and O–H groups in total. The highest BCUT2D eigenvalue weighted by molar-refractivity contribution is 9.15. The van der Waals surface area contributed by atoms with Crippen LogP contribution in [0, 0.1) is 0 Å². The standard InChI is InChI=1S/C15H10BrNO/c16-13(10-6-2-1-3-7-10)14-11-8-4-5-9-12(11)15(18)17-14/h1-9H,(H,17,18). The third kappa shape index (κ3) is 1.77. The van der Waals surface area contributed by atoms with Gasteiger partial charge in [0.2, 0.25) is 0 Å². The molecule has 3 rings (SSSR count). The molecule has 0 atom stereocenters. The molecule has 2 aromatic carbocycles. The van der Waals surface area contributed by atoms with Gasteiger partial charge in [-0.1, -0.05) is 48.5 Å². The van der Waals surface area contributed by atoms with Gasteiger partial charge in [0.15, 0.2) is 0 Å². The van der Waals surface area contributed by atoms with Crippen LogP contribution in [0.1, 0.15) is 21.5 Å². The van der Waals surface area contributed by atoms with Crippen LogP contribution in [-0.4, -0.2) is 5.91 Å². The number of nitrogens with one attached hydrogen (secondary N) is 1. The second kappa shape index (κ2) is 4.42. The van der Waals surface area contributed by atoms with Crippen LogP contribution in [0.4, 0.5) is 0 Å². The van der Waals surface area contributed by atoms with Gasteiger partial charge in [-0.3, -0.25) is 4.79 Å². The van der Waals surface area contributed by atoms with E-state index in [1.54, 1.807) is 0 Å². The Kier molecular flexibility index (Phi) is 2.76. The van der Waals surface area contributed by atoms with E-state index < -0.39 is 0 Å². The summed E-state index contributed by atoms with van der Waals surface area (Å²) in [4.78, 5) is 11.8. The van der Waals surface area contributed by atoms with E-state index in [2.05, 4.69) is 21.2 Å². The maximum atomic E-state index is 11.8. The Hall–Kier alpha value is -1.87. The summed E-state index contributed by atoms with van der Waals surface area (Å²) in [6.45, 7) is 0. The molecule has 0 saturated carbocycles. The minimum Gasteiger partial charge on any atom is -0.320 e. The van der Waals surface area contributed by atoms with E-state index in [9.17, 15) is 4.79 Å². The number of amides is 1. The molecule has 0 spiro atoms. The predicted molar refractivity (Wildman–Crippen MR) is 76.1 cm³/mol. The largest absolute Gasteiger partial charge is 0.320 e. The number of hydrogen-bond donors (Lipinski definition) is 1. The van der Waals surface area contributed by atoms with Crippen molar-refractivity contribution in [1.29, 1.82) is 0 Å². The Morgan fingerprint density at radius 3 is 2.22 bits per heavy atom. The van der Waals surface area contributed by atoms with Gasteiger partial charge in [0.05, 0.1) is 5.70 Å². The van der Waals surface area contributed by atoms with Crippen LogP contribution in [0.15, 0.2) is 54.6 Å². The Morgan fingerprint density at radius 2 is 1.50 bits per heavy atom. The minimum absolute atomic E-state index is 0.0477. The lowest BCUT2D eigenvalue weighted by Gasteiger charge is -2.05. The molecule has 0 aliphatic carbocycles. The molecule has 0 fully saturated rings. The number of hydrogen-bond acceptors (Lipinski definition) is 1. The Morgan fingerprint density at radius 1 is 0.889 bits per heavy atom. The second-order valence-corrected chi connectivity index (χ2v) is 4.85. The van der Waals surface area contributed by atoms with Crippen molar-refractivity contribution in [3.05, 3.63) is 71.3 Å². The topological polar surface area (TPSA) is 29.1 Å². The van der Waals surface area contributed by atoms with Crippen molar-refractivity contribution >= 4 is 32.0 Å². The molecule has 0 saturated heterocycles. The molecule has 1 aliphatic rings. The minimum atomic E-state index is -0.0477. The summed E-state index contributed by atoms with van der Waals surface area (Å²) in [6, 6.07) is 17.5. The third-order valence-corrected chi connectivity index (χ3v) is 3.78. The van der Waals surface area contributed by atoms with Gasteiger partial charge >= 0.3 is 0 Å². The van der Waals surface area contributed by atoms with E-state index in [1.807, 2.05) is 54.6 Å². The van der Waals surface area contributed by atoms with Crippen molar-refractivity contribution in [1.82, 2.24) is 5.32 Å². The lowest BCUT2D eigenvalue weighted by molar-refractivity contribution is 0.0981. The quantitative estimate of drug-likeness (QED) is 0.855. The van der Waals surface area contributed by atoms with Crippen LogP contribution >= 0.6 is 15.9 Å². The van der Waals surface area contributed by atoms with E-state index in [4.69, 9.17) is 0 Å². The van der Waals surface area contributed by atoms with E-state index in [1.165, 1.54) is 0 Å². The molecule has 2 nitrogen and oxygen atoms in total. The molecule has 0 bridgehead atoms. The van der Waals surface area contributed by atoms with Gasteiger partial charge in [-0.05, 0) is 27.6 Å². The summed E-state index contributed by atoms with van der Waals surface area (Å²) >= 11 is 3.58. The summed E-state index contributed by atoms with van der Waals surface area (Å²) in [5.74, 6) is -0.0477. The molecule has 88 valence electrons. The van der Waals surface area contributed by atoms with Crippen molar-refractivity contribution in [2.75, 3.05) is 0 Å². The molecule has 1 amide bonds. The summed E-state index contributed by atoms with van der Waals surface area (Å²) in [6.07, 6.45) is 0. The van der Waals surface area contributed by atoms with Crippen LogP contribution in [-0.2, 0) is 0 Å². The zero-order valence-electron chi connectivity index (χ0n) is 9.48. The van der Waals surface area contributed by atoms with Crippen LogP contribution in [0.2, 0.25) is 0 Å². The van der Waals surface area contributed by atoms with Crippen LogP contribution < -0.4 is 5.32 Å². The van der Waals surface area contributed by atoms with Crippen LogP contribution in [0.5, 0.6) is 0 Å². The normalized spacial score (nSPS) is 16.2. The van der Waals surface area contributed by atoms with E-state index >= 15 is 0 Å². The SMILES string of the molecule is O=C1NC(=C(Br)c2ccccc2)c2ccccc21. The van der Waals surface area contributed by atoms with Gasteiger partial charge in [0.1, 0.15) is 0 Å². The van der Waals surface area contributed by atoms with E-state index in [-0.39, 0.29) is 5.91 Å². The number of carbonyl (C=O) groups is 1. The van der Waals surface area contributed by atoms with Gasteiger partial charge in [0.25, 0.3) is 5.91 Å². The molecule has 3 heteroatoms. The predicted octanol–water partition coefficient (Wildman–Crippen LogP) is 3.65. The van der Waals surface area contributed by atoms with Gasteiger partial charge < -0.3 is 5.32 Å². The second-order valence-electron chi connectivity index (χ2n) is 4.05. The summed E-state index contributed by atoms with van der Waals surface area (Å²) in [5, 5.41) is 2.91. The first-order valence-electron chi connectivity index (χ1n) is 5.63. The van der Waals surface area contributed by atoms with Crippen LogP contribution in [0.3, 0.4) is 0 Å². The molecule has 0 unspecified atom stereocenters. The van der Waals surface area contributed by atoms with Crippen molar-refractivity contribution in [3.8, 4) is 0 Å². The summed E-state index contributed by atoms with van der Waals surface area (Å²) < 4.78 is 0.904. The van der Waals surface area contributed by atoms with E-state index in [0.717, 1.165) is 26.9 Å². The molecular formula is C15H10BrNO. The summed E-state index contributed by atoms with van der Waals surface area (Å²) in [7, 11) is 0. The molecule has 0 aromatic heterocycles. The number of fused-ring (bicyclic) bond motifs is 1. The van der Waals surface area contributed by atoms with Gasteiger partial charge in [-0.2, -0.15) is 0 Å². The van der Waals surface area contributed by atoms with Gasteiger partial charge in [-0.25, -0.2) is 0 Å². The van der Waals surface area contributed by atoms with Gasteiger partial charge in [-0.15, -0.1) is 0 Å². The van der Waals surface area contributed by atoms with Crippen molar-refractivity contribution in [2.24, 2.45) is 0 Å². The highest BCUT2D eigenvalue weighted by atomic mass is 79.9. The lowest BCUT2D eigenvalue weighted by Crippen LogP contribution is -2.12. The molecular weight excluding hydrogens is 290 g/mol. The maximum Gasteiger partial charge on any atom is 0.256 e. The zero-order valence-corrected chi connectivity index (χ0v) is 11.1. The number of rotatable bonds is 1. The smallest absolute Gasteiger partial charge is 0.256 e. The molecule has 0 radical (unpaired) electrons. The molecule has 1 heterocycles. The zero-order chi connectivity index (χ0) is 12.5. The first-order valence-corrected chi connectivity index (χ1v) is 6.42. The fraction of sp³-hybridized carbons (Fsp3) is 0. The molecule has 2 aromatic rings. The Labute approximate surface area is 113 Å². The fourth-order valence-corrected chi connectivity index (χ4v) is 2.63. The first kappa shape index (κ1) is 11.2. The summed E-state index contributed by atoms with van der Waals surface area (Å²) in [5.41, 5.74) is 3.55. The highest BCUT2D eigenvalue weighted by Gasteiger charge is 2.25. The Bertz CT molecular complexity index is 647. The number of benzene rings is 2. The fourth-order valence-electron chi connectivity index (χ4n) is 2.05. The average molecular weight is 300 g/mol. The van der Waals surface area contributed by atoms with E-state index in [0.29, 0.717) is 0 Å². The first-order chi connectivity index (χ1) is 8.77. The maximum absolute atomic E-state index is 11.8. The third-order valence-electron chi connectivity index (χ3n) is 2.93. The van der Waals surface area contributed by atoms with Crippen molar-refractivity contribution in [3.63, 3.8) is 0 Å². The monoisotopic (exact) mass is 299 g/mol. The average Bonchev–Trinajstić information content (AvgIpc) is 2.77. The number of halogens is 1. The number of carbonyl (C=O) groups excluding carboxylic acids is 1. The molecule has 1 aliphatic heterocycles. The highest BCUT2D eigenvalue weighted by Crippen LogP contribution is 2.34. The van der Waals surface area contributed by atoms with Crippen LogP contribution in [0.25, 0.3) is 10.2 Å². The Balaban J connectivity index is 2.17. The van der Waals surface area contributed by atoms with Crippen molar-refractivity contribution in [2.45, 2.75) is 0 Å². The molecule has 18 heavy (non-hydrogen) atoms. The van der Waals surface area contributed by atoms with Crippen molar-refractivity contribution < 1.29 is 4.79 Å². The lowest BCUT2D eigenvalue weighted by atomic mass is 10.1. The van der Waals surface area contributed by atoms with Gasteiger partial charge in [0, 0.05) is 15.6 Å².